The summed E-state index contributed by atoms with van der Waals surface area (Å²) in [7, 11) is 0. The van der Waals surface area contributed by atoms with Gasteiger partial charge in [-0.2, -0.15) is 0 Å². The number of benzene rings is 2. The van der Waals surface area contributed by atoms with Gasteiger partial charge in [-0.05, 0) is 41.7 Å². The van der Waals surface area contributed by atoms with Crippen LogP contribution in [0.25, 0.3) is 0 Å². The summed E-state index contributed by atoms with van der Waals surface area (Å²) in [5.41, 5.74) is 1.37. The smallest absolute Gasteiger partial charge is 0.261 e. The molecule has 0 aliphatic heterocycles. The summed E-state index contributed by atoms with van der Waals surface area (Å²) in [6.45, 7) is 9.22. The van der Waals surface area contributed by atoms with E-state index in [0.29, 0.717) is 30.3 Å². The second kappa shape index (κ2) is 9.65. The summed E-state index contributed by atoms with van der Waals surface area (Å²) in [4.78, 5) is 12.3. The van der Waals surface area contributed by atoms with E-state index in [2.05, 4.69) is 38.2 Å². The first kappa shape index (κ1) is 21.1. The monoisotopic (exact) mass is 389 g/mol. The van der Waals surface area contributed by atoms with Gasteiger partial charge in [0.1, 0.15) is 18.1 Å². The minimum atomic E-state index is -0.587. The Balaban J connectivity index is 1.78. The molecule has 2 aromatic carbocycles. The number of carbonyl (C=O) groups is 1. The van der Waals surface area contributed by atoms with Gasteiger partial charge in [-0.1, -0.05) is 63.6 Å². The number of hydrogen-bond donors (Lipinski definition) is 1. The predicted molar refractivity (Wildman–Crippen MR) is 110 cm³/mol. The number of carbonyl (C=O) groups excluding carboxylic acids is 1. The zero-order valence-electron chi connectivity index (χ0n) is 16.4. The molecule has 0 heterocycles. The normalized spacial score (nSPS) is 12.3. The van der Waals surface area contributed by atoms with E-state index in [4.69, 9.17) is 21.1 Å². The van der Waals surface area contributed by atoms with Crippen molar-refractivity contribution in [3.63, 3.8) is 0 Å². The second-order valence-corrected chi connectivity index (χ2v) is 7.77. The number of amides is 1. The SMILES string of the molecule is CC[C@H](Oc1ccccc1Cl)C(=O)NCCOc1ccc(C(C)(C)C)cc1. The molecule has 1 atom stereocenters. The molecule has 0 unspecified atom stereocenters. The van der Waals surface area contributed by atoms with Gasteiger partial charge in [-0.15, -0.1) is 0 Å². The molecule has 0 aromatic heterocycles. The van der Waals surface area contributed by atoms with E-state index in [0.717, 1.165) is 5.75 Å². The van der Waals surface area contributed by atoms with Gasteiger partial charge in [-0.3, -0.25) is 4.79 Å². The van der Waals surface area contributed by atoms with E-state index in [1.54, 1.807) is 12.1 Å². The van der Waals surface area contributed by atoms with Gasteiger partial charge in [0, 0.05) is 0 Å². The molecule has 0 saturated carbocycles. The zero-order valence-corrected chi connectivity index (χ0v) is 17.2. The molecule has 1 amide bonds. The van der Waals surface area contributed by atoms with Gasteiger partial charge in [0.15, 0.2) is 6.10 Å². The Hall–Kier alpha value is -2.20. The van der Waals surface area contributed by atoms with Crippen LogP contribution in [-0.4, -0.2) is 25.2 Å². The highest BCUT2D eigenvalue weighted by Crippen LogP contribution is 2.25. The molecule has 0 saturated heterocycles. The van der Waals surface area contributed by atoms with Crippen LogP contribution in [0.15, 0.2) is 48.5 Å². The van der Waals surface area contributed by atoms with E-state index in [1.807, 2.05) is 31.2 Å². The minimum Gasteiger partial charge on any atom is -0.492 e. The molecule has 4 nitrogen and oxygen atoms in total. The fraction of sp³-hybridized carbons (Fsp3) is 0.409. The third-order valence-electron chi connectivity index (χ3n) is 4.16. The summed E-state index contributed by atoms with van der Waals surface area (Å²) in [6.07, 6.45) is -0.0393. The van der Waals surface area contributed by atoms with Crippen molar-refractivity contribution in [1.29, 1.82) is 0 Å². The van der Waals surface area contributed by atoms with Crippen LogP contribution in [0.5, 0.6) is 11.5 Å². The van der Waals surface area contributed by atoms with Crippen molar-refractivity contribution in [2.24, 2.45) is 0 Å². The molecule has 0 radical (unpaired) electrons. The van der Waals surface area contributed by atoms with Gasteiger partial charge in [0.25, 0.3) is 5.91 Å². The summed E-state index contributed by atoms with van der Waals surface area (Å²) in [6, 6.07) is 15.2. The lowest BCUT2D eigenvalue weighted by Gasteiger charge is -2.19. The lowest BCUT2D eigenvalue weighted by Crippen LogP contribution is -2.39. The number of para-hydroxylation sites is 1. The van der Waals surface area contributed by atoms with Crippen molar-refractivity contribution in [3.05, 3.63) is 59.1 Å². The van der Waals surface area contributed by atoms with Crippen molar-refractivity contribution < 1.29 is 14.3 Å². The first-order valence-electron chi connectivity index (χ1n) is 9.23. The topological polar surface area (TPSA) is 47.6 Å². The van der Waals surface area contributed by atoms with E-state index in [-0.39, 0.29) is 11.3 Å². The van der Waals surface area contributed by atoms with Gasteiger partial charge < -0.3 is 14.8 Å². The maximum Gasteiger partial charge on any atom is 0.261 e. The van der Waals surface area contributed by atoms with Crippen molar-refractivity contribution in [2.45, 2.75) is 45.6 Å². The van der Waals surface area contributed by atoms with E-state index in [1.165, 1.54) is 5.56 Å². The molecular weight excluding hydrogens is 362 g/mol. The minimum absolute atomic E-state index is 0.114. The molecule has 5 heteroatoms. The van der Waals surface area contributed by atoms with Gasteiger partial charge >= 0.3 is 0 Å². The lowest BCUT2D eigenvalue weighted by molar-refractivity contribution is -0.128. The van der Waals surface area contributed by atoms with Crippen LogP contribution in [0.3, 0.4) is 0 Å². The number of ether oxygens (including phenoxy) is 2. The lowest BCUT2D eigenvalue weighted by atomic mass is 9.87. The highest BCUT2D eigenvalue weighted by Gasteiger charge is 2.19. The highest BCUT2D eigenvalue weighted by atomic mass is 35.5. The molecule has 146 valence electrons. The van der Waals surface area contributed by atoms with Crippen molar-refractivity contribution in [1.82, 2.24) is 5.32 Å². The van der Waals surface area contributed by atoms with Crippen LogP contribution in [0, 0.1) is 0 Å². The first-order valence-corrected chi connectivity index (χ1v) is 9.61. The van der Waals surface area contributed by atoms with Gasteiger partial charge in [-0.25, -0.2) is 0 Å². The molecule has 27 heavy (non-hydrogen) atoms. The second-order valence-electron chi connectivity index (χ2n) is 7.36. The van der Waals surface area contributed by atoms with E-state index >= 15 is 0 Å². The zero-order chi connectivity index (χ0) is 19.9. The van der Waals surface area contributed by atoms with Gasteiger partial charge in [0.2, 0.25) is 0 Å². The Morgan fingerprint density at radius 3 is 2.37 bits per heavy atom. The van der Waals surface area contributed by atoms with Crippen LogP contribution in [0.1, 0.15) is 39.7 Å². The maximum absolute atomic E-state index is 12.3. The van der Waals surface area contributed by atoms with Gasteiger partial charge in [0.05, 0.1) is 11.6 Å². The molecule has 0 aliphatic rings. The molecule has 2 aromatic rings. The van der Waals surface area contributed by atoms with Crippen molar-refractivity contribution in [3.8, 4) is 11.5 Å². The van der Waals surface area contributed by atoms with Crippen LogP contribution >= 0.6 is 11.6 Å². The predicted octanol–water partition coefficient (Wildman–Crippen LogP) is 4.99. The molecule has 0 spiro atoms. The fourth-order valence-corrected chi connectivity index (χ4v) is 2.70. The third kappa shape index (κ3) is 6.47. The summed E-state index contributed by atoms with van der Waals surface area (Å²) in [5.74, 6) is 1.12. The van der Waals surface area contributed by atoms with E-state index < -0.39 is 6.10 Å². The Morgan fingerprint density at radius 1 is 1.11 bits per heavy atom. The molecule has 0 aliphatic carbocycles. The Bertz CT molecular complexity index is 738. The molecule has 2 rings (SSSR count). The standard InChI is InChI=1S/C22H28ClNO3/c1-5-19(27-20-9-7-6-8-18(20)23)21(25)24-14-15-26-17-12-10-16(11-13-17)22(2,3)4/h6-13,19H,5,14-15H2,1-4H3,(H,24,25)/t19-/m0/s1. The Morgan fingerprint density at radius 2 is 1.78 bits per heavy atom. The highest BCUT2D eigenvalue weighted by molar-refractivity contribution is 6.32. The Kier molecular flexibility index (Phi) is 7.55. The van der Waals surface area contributed by atoms with Crippen molar-refractivity contribution >= 4 is 17.5 Å². The first-order chi connectivity index (χ1) is 12.8. The summed E-state index contributed by atoms with van der Waals surface area (Å²) < 4.78 is 11.4. The fourth-order valence-electron chi connectivity index (χ4n) is 2.52. The third-order valence-corrected chi connectivity index (χ3v) is 4.47. The number of nitrogens with one attached hydrogen (secondary N) is 1. The van der Waals surface area contributed by atoms with Crippen molar-refractivity contribution in [2.75, 3.05) is 13.2 Å². The number of hydrogen-bond acceptors (Lipinski definition) is 3. The van der Waals surface area contributed by atoms with Crippen LogP contribution in [-0.2, 0) is 10.2 Å². The summed E-state index contributed by atoms with van der Waals surface area (Å²) in [5, 5.41) is 3.34. The largest absolute Gasteiger partial charge is 0.492 e. The maximum atomic E-state index is 12.3. The average Bonchev–Trinajstić information content (AvgIpc) is 2.64. The van der Waals surface area contributed by atoms with Crippen LogP contribution < -0.4 is 14.8 Å². The van der Waals surface area contributed by atoms with E-state index in [9.17, 15) is 4.79 Å². The Labute approximate surface area is 166 Å². The van der Waals surface area contributed by atoms with Crippen LogP contribution in [0.4, 0.5) is 0 Å². The average molecular weight is 390 g/mol. The quantitative estimate of drug-likeness (QED) is 0.647. The molecule has 0 bridgehead atoms. The van der Waals surface area contributed by atoms with Crippen LogP contribution in [0.2, 0.25) is 5.02 Å². The molecule has 1 N–H and O–H groups in total. The summed E-state index contributed by atoms with van der Waals surface area (Å²) >= 11 is 6.09. The number of rotatable bonds is 8. The molecule has 0 fully saturated rings. The molecular formula is C22H28ClNO3. The number of halogens is 1.